The molecule has 1 atom stereocenters. The summed E-state index contributed by atoms with van der Waals surface area (Å²) in [4.78, 5) is 13.9. The van der Waals surface area contributed by atoms with Crippen LogP contribution >= 0.6 is 0 Å². The van der Waals surface area contributed by atoms with Gasteiger partial charge >= 0.3 is 0 Å². The molecule has 0 heterocycles. The van der Waals surface area contributed by atoms with Crippen molar-refractivity contribution in [1.29, 1.82) is 0 Å². The Kier molecular flexibility index (Phi) is 6.57. The Morgan fingerprint density at radius 2 is 1.74 bits per heavy atom. The van der Waals surface area contributed by atoms with Gasteiger partial charge in [-0.25, -0.2) is 0 Å². The van der Waals surface area contributed by atoms with Crippen LogP contribution in [0.5, 0.6) is 0 Å². The monoisotopic (exact) mass is 262 g/mol. The molecule has 0 aromatic heterocycles. The minimum atomic E-state index is 0.197. The zero-order valence-electron chi connectivity index (χ0n) is 12.6. The average Bonchev–Trinajstić information content (AvgIpc) is 2.44. The number of rotatable bonds is 8. The Hall–Kier alpha value is -1.35. The third-order valence-electron chi connectivity index (χ3n) is 3.37. The van der Waals surface area contributed by atoms with Crippen molar-refractivity contribution in [2.75, 3.05) is 25.0 Å². The number of hydrogen-bond donors (Lipinski definition) is 1. The molecule has 0 aliphatic carbocycles. The predicted octanol–water partition coefficient (Wildman–Crippen LogP) is 3.42. The molecule has 1 aromatic carbocycles. The molecule has 3 heteroatoms. The number of benzene rings is 1. The maximum Gasteiger partial charge on any atom is 0.162 e. The van der Waals surface area contributed by atoms with E-state index in [-0.39, 0.29) is 5.78 Å². The number of ketones is 1. The molecular formula is C16H26N2O. The topological polar surface area (TPSA) is 32.3 Å². The maximum atomic E-state index is 11.5. The first kappa shape index (κ1) is 15.7. The number of nitrogens with one attached hydrogen (secondary N) is 1. The Labute approximate surface area is 117 Å². The van der Waals surface area contributed by atoms with Crippen LogP contribution in [0, 0.1) is 0 Å². The molecule has 1 N–H and O–H groups in total. The zero-order valence-corrected chi connectivity index (χ0v) is 12.6. The summed E-state index contributed by atoms with van der Waals surface area (Å²) in [7, 11) is 0. The summed E-state index contributed by atoms with van der Waals surface area (Å²) in [6.45, 7) is 11.6. The van der Waals surface area contributed by atoms with E-state index in [4.69, 9.17) is 0 Å². The lowest BCUT2D eigenvalue weighted by Crippen LogP contribution is -2.34. The molecule has 0 amide bonds. The Morgan fingerprint density at radius 1 is 1.16 bits per heavy atom. The first-order chi connectivity index (χ1) is 9.10. The summed E-state index contributed by atoms with van der Waals surface area (Å²) in [6, 6.07) is 8.17. The van der Waals surface area contributed by atoms with Crippen LogP contribution in [-0.2, 0) is 0 Å². The molecule has 0 aliphatic heterocycles. The Morgan fingerprint density at radius 3 is 2.21 bits per heavy atom. The summed E-state index contributed by atoms with van der Waals surface area (Å²) in [5.74, 6) is 0.197. The van der Waals surface area contributed by atoms with Crippen molar-refractivity contribution in [2.24, 2.45) is 0 Å². The quantitative estimate of drug-likeness (QED) is 0.729. The van der Waals surface area contributed by atoms with Crippen molar-refractivity contribution in [3.8, 4) is 0 Å². The summed E-state index contributed by atoms with van der Waals surface area (Å²) >= 11 is 0. The molecule has 1 rings (SSSR count). The lowest BCUT2D eigenvalue weighted by molar-refractivity contribution is 0.0988. The summed E-state index contributed by atoms with van der Waals surface area (Å²) in [5.41, 5.74) is 1.87. The number of anilines is 1. The van der Waals surface area contributed by atoms with Gasteiger partial charge in [-0.3, -0.25) is 4.79 Å². The molecule has 1 aromatic rings. The van der Waals surface area contributed by atoms with Crippen LogP contribution in [0.4, 0.5) is 5.69 Å². The first-order valence-electron chi connectivity index (χ1n) is 7.22. The van der Waals surface area contributed by atoms with Crippen LogP contribution < -0.4 is 5.32 Å². The highest BCUT2D eigenvalue weighted by Gasteiger charge is 2.07. The fraction of sp³-hybridized carbons (Fsp3) is 0.562. The Balaban J connectivity index is 2.55. The first-order valence-corrected chi connectivity index (χ1v) is 7.22. The smallest absolute Gasteiger partial charge is 0.162 e. The van der Waals surface area contributed by atoms with Crippen molar-refractivity contribution in [1.82, 2.24) is 4.90 Å². The van der Waals surface area contributed by atoms with Crippen molar-refractivity contribution in [3.63, 3.8) is 0 Å². The van der Waals surface area contributed by atoms with E-state index in [1.165, 1.54) is 0 Å². The molecule has 106 valence electrons. The van der Waals surface area contributed by atoms with Gasteiger partial charge in [0.1, 0.15) is 0 Å². The van der Waals surface area contributed by atoms with E-state index in [0.717, 1.165) is 30.9 Å². The van der Waals surface area contributed by atoms with Gasteiger partial charge in [-0.05, 0) is 44.3 Å². The van der Waals surface area contributed by atoms with Crippen molar-refractivity contribution >= 4 is 11.5 Å². The summed E-state index contributed by atoms with van der Waals surface area (Å²) in [5, 5.41) is 3.47. The van der Waals surface area contributed by atoms with Gasteiger partial charge in [-0.1, -0.05) is 20.8 Å². The van der Waals surface area contributed by atoms with Crippen LogP contribution in [0.3, 0.4) is 0 Å². The number of carbonyl (C=O) groups excluding carboxylic acids is 1. The molecule has 0 saturated carbocycles. The largest absolute Gasteiger partial charge is 0.381 e. The van der Waals surface area contributed by atoms with Gasteiger partial charge in [0.25, 0.3) is 0 Å². The second-order valence-corrected chi connectivity index (χ2v) is 4.89. The third-order valence-corrected chi connectivity index (χ3v) is 3.37. The minimum absolute atomic E-state index is 0.197. The molecule has 3 nitrogen and oxygen atoms in total. The van der Waals surface area contributed by atoms with E-state index in [0.29, 0.717) is 12.5 Å². The van der Waals surface area contributed by atoms with Crippen LogP contribution in [0.25, 0.3) is 0 Å². The standard InChI is InChI=1S/C16H26N2O/c1-5-16(19)14-8-10-15(11-9-14)17-13(4)12-18(6-2)7-3/h8-11,13,17H,5-7,12H2,1-4H3. The van der Waals surface area contributed by atoms with E-state index in [1.54, 1.807) is 0 Å². The molecule has 1 unspecified atom stereocenters. The van der Waals surface area contributed by atoms with Gasteiger partial charge in [-0.2, -0.15) is 0 Å². The van der Waals surface area contributed by atoms with Gasteiger partial charge in [0.2, 0.25) is 0 Å². The maximum absolute atomic E-state index is 11.5. The van der Waals surface area contributed by atoms with E-state index in [9.17, 15) is 4.79 Å². The highest BCUT2D eigenvalue weighted by Crippen LogP contribution is 2.12. The minimum Gasteiger partial charge on any atom is -0.381 e. The molecular weight excluding hydrogens is 236 g/mol. The summed E-state index contributed by atoms with van der Waals surface area (Å²) in [6.07, 6.45) is 0.561. The number of Topliss-reactive ketones (excluding diaryl/α,β-unsaturated/α-hetero) is 1. The Bertz CT molecular complexity index is 382. The van der Waals surface area contributed by atoms with Gasteiger partial charge in [0, 0.05) is 30.3 Å². The molecule has 0 spiro atoms. The van der Waals surface area contributed by atoms with Gasteiger partial charge < -0.3 is 10.2 Å². The fourth-order valence-corrected chi connectivity index (χ4v) is 2.16. The van der Waals surface area contributed by atoms with E-state index in [2.05, 4.69) is 31.0 Å². The number of hydrogen-bond acceptors (Lipinski definition) is 3. The van der Waals surface area contributed by atoms with Crippen LogP contribution in [0.15, 0.2) is 24.3 Å². The highest BCUT2D eigenvalue weighted by molar-refractivity contribution is 5.96. The molecule has 0 fully saturated rings. The van der Waals surface area contributed by atoms with E-state index < -0.39 is 0 Å². The second-order valence-electron chi connectivity index (χ2n) is 4.89. The number of nitrogens with zero attached hydrogens (tertiary/aromatic N) is 1. The summed E-state index contributed by atoms with van der Waals surface area (Å²) < 4.78 is 0. The lowest BCUT2D eigenvalue weighted by Gasteiger charge is -2.24. The molecule has 0 radical (unpaired) electrons. The van der Waals surface area contributed by atoms with Crippen molar-refractivity contribution < 1.29 is 4.79 Å². The lowest BCUT2D eigenvalue weighted by atomic mass is 10.1. The average molecular weight is 262 g/mol. The number of likely N-dealkylation sites (N-methyl/N-ethyl adjacent to an activating group) is 1. The molecule has 0 aliphatic rings. The zero-order chi connectivity index (χ0) is 14.3. The van der Waals surface area contributed by atoms with Gasteiger partial charge in [0.05, 0.1) is 0 Å². The van der Waals surface area contributed by atoms with Gasteiger partial charge in [-0.15, -0.1) is 0 Å². The predicted molar refractivity (Wildman–Crippen MR) is 81.9 cm³/mol. The molecule has 0 bridgehead atoms. The van der Waals surface area contributed by atoms with Crippen molar-refractivity contribution in [2.45, 2.75) is 40.2 Å². The highest BCUT2D eigenvalue weighted by atomic mass is 16.1. The fourth-order valence-electron chi connectivity index (χ4n) is 2.16. The van der Waals surface area contributed by atoms with E-state index in [1.807, 2.05) is 31.2 Å². The van der Waals surface area contributed by atoms with Crippen LogP contribution in [-0.4, -0.2) is 36.4 Å². The van der Waals surface area contributed by atoms with E-state index >= 15 is 0 Å². The second kappa shape index (κ2) is 7.95. The SMILES string of the molecule is CCC(=O)c1ccc(NC(C)CN(CC)CC)cc1. The normalized spacial score (nSPS) is 12.5. The molecule has 19 heavy (non-hydrogen) atoms. The van der Waals surface area contributed by atoms with Crippen LogP contribution in [0.1, 0.15) is 44.5 Å². The third kappa shape index (κ3) is 5.03. The number of carbonyl (C=O) groups is 1. The van der Waals surface area contributed by atoms with Gasteiger partial charge in [0.15, 0.2) is 5.78 Å². The van der Waals surface area contributed by atoms with Crippen LogP contribution in [0.2, 0.25) is 0 Å². The molecule has 0 saturated heterocycles. The van der Waals surface area contributed by atoms with Crippen molar-refractivity contribution in [3.05, 3.63) is 29.8 Å².